The molecule has 2 heterocycles. The molecule has 2 aromatic carbocycles. The number of anilines is 1. The molecule has 136 valence electrons. The number of nitrogens with one attached hydrogen (secondary N) is 1. The fourth-order valence-electron chi connectivity index (χ4n) is 2.61. The number of aromatic nitrogens is 3. The van der Waals surface area contributed by atoms with E-state index in [1.54, 1.807) is 18.6 Å². The topological polar surface area (TPSA) is 63.1 Å². The number of nitrogens with zero attached hydrogens (tertiary/aromatic N) is 4. The van der Waals surface area contributed by atoms with Gasteiger partial charge in [-0.2, -0.15) is 5.10 Å². The molecule has 0 aliphatic heterocycles. The monoisotopic (exact) mass is 429 g/mol. The van der Waals surface area contributed by atoms with Crippen molar-refractivity contribution in [1.29, 1.82) is 0 Å². The number of hydrogen-bond acceptors (Lipinski definition) is 5. The van der Waals surface area contributed by atoms with Crippen LogP contribution in [0.25, 0.3) is 22.6 Å². The molecule has 28 heavy (non-hydrogen) atoms. The van der Waals surface area contributed by atoms with E-state index in [2.05, 4.69) is 36.4 Å². The molecular formula is C22H16BrN5. The van der Waals surface area contributed by atoms with Gasteiger partial charge in [-0.1, -0.05) is 58.4 Å². The smallest absolute Gasteiger partial charge is 0.162 e. The first-order chi connectivity index (χ1) is 13.8. The number of rotatable bonds is 5. The second-order valence-corrected chi connectivity index (χ2v) is 6.90. The van der Waals surface area contributed by atoms with Gasteiger partial charge in [0.15, 0.2) is 11.6 Å². The van der Waals surface area contributed by atoms with Gasteiger partial charge in [0, 0.05) is 34.1 Å². The van der Waals surface area contributed by atoms with Crippen LogP contribution in [0.4, 0.5) is 5.82 Å². The summed E-state index contributed by atoms with van der Waals surface area (Å²) in [6.07, 6.45) is 5.18. The average Bonchev–Trinajstić information content (AvgIpc) is 2.75. The van der Waals surface area contributed by atoms with Crippen molar-refractivity contribution in [1.82, 2.24) is 15.0 Å². The molecule has 0 aliphatic carbocycles. The Balaban J connectivity index is 1.69. The van der Waals surface area contributed by atoms with Crippen LogP contribution >= 0.6 is 15.9 Å². The number of hydrazone groups is 1. The van der Waals surface area contributed by atoms with Crippen molar-refractivity contribution in [2.24, 2.45) is 5.10 Å². The van der Waals surface area contributed by atoms with Gasteiger partial charge in [0.25, 0.3) is 0 Å². The number of pyridine rings is 1. The molecule has 0 amide bonds. The van der Waals surface area contributed by atoms with Crippen LogP contribution in [0.3, 0.4) is 0 Å². The van der Waals surface area contributed by atoms with Gasteiger partial charge < -0.3 is 0 Å². The van der Waals surface area contributed by atoms with Gasteiger partial charge in [0.2, 0.25) is 0 Å². The summed E-state index contributed by atoms with van der Waals surface area (Å²) in [6.45, 7) is 0. The summed E-state index contributed by atoms with van der Waals surface area (Å²) in [4.78, 5) is 13.4. The molecule has 6 heteroatoms. The maximum absolute atomic E-state index is 4.74. The highest BCUT2D eigenvalue weighted by Gasteiger charge is 2.08. The lowest BCUT2D eigenvalue weighted by Gasteiger charge is -2.08. The van der Waals surface area contributed by atoms with E-state index in [-0.39, 0.29) is 0 Å². The third kappa shape index (κ3) is 4.47. The molecule has 0 atom stereocenters. The molecule has 4 rings (SSSR count). The largest absolute Gasteiger partial charge is 0.265 e. The van der Waals surface area contributed by atoms with Crippen LogP contribution in [0.2, 0.25) is 0 Å². The molecule has 0 spiro atoms. The second-order valence-electron chi connectivity index (χ2n) is 5.99. The molecule has 0 saturated heterocycles. The molecule has 2 aromatic heterocycles. The van der Waals surface area contributed by atoms with E-state index in [4.69, 9.17) is 4.98 Å². The number of halogens is 1. The maximum atomic E-state index is 4.74. The van der Waals surface area contributed by atoms with Crippen molar-refractivity contribution >= 4 is 28.0 Å². The van der Waals surface area contributed by atoms with Crippen molar-refractivity contribution in [2.45, 2.75) is 0 Å². The van der Waals surface area contributed by atoms with Crippen molar-refractivity contribution < 1.29 is 0 Å². The first kappa shape index (κ1) is 18.0. The Morgan fingerprint density at radius 3 is 2.32 bits per heavy atom. The zero-order valence-electron chi connectivity index (χ0n) is 14.8. The van der Waals surface area contributed by atoms with E-state index in [0.717, 1.165) is 26.9 Å². The summed E-state index contributed by atoms with van der Waals surface area (Å²) < 4.78 is 1.01. The number of hydrogen-bond donors (Lipinski definition) is 1. The normalized spacial score (nSPS) is 10.9. The standard InChI is InChI=1S/C22H16BrN5/c23-19-8-6-18(7-9-19)22-26-20(17-4-2-1-3-5-17)14-21(27-22)28-25-15-16-10-12-24-13-11-16/h1-15H,(H,26,27,28). The van der Waals surface area contributed by atoms with E-state index in [1.807, 2.05) is 72.8 Å². The van der Waals surface area contributed by atoms with Crippen LogP contribution in [0.1, 0.15) is 5.56 Å². The minimum absolute atomic E-state index is 0.622. The summed E-state index contributed by atoms with van der Waals surface area (Å²) in [5.74, 6) is 1.26. The second kappa shape index (κ2) is 8.54. The maximum Gasteiger partial charge on any atom is 0.162 e. The first-order valence-electron chi connectivity index (χ1n) is 8.67. The van der Waals surface area contributed by atoms with Crippen LogP contribution in [0.5, 0.6) is 0 Å². The third-order valence-electron chi connectivity index (χ3n) is 4.00. The average molecular weight is 430 g/mol. The Labute approximate surface area is 171 Å². The third-order valence-corrected chi connectivity index (χ3v) is 4.53. The van der Waals surface area contributed by atoms with Crippen LogP contribution in [0.15, 0.2) is 94.8 Å². The zero-order valence-corrected chi connectivity index (χ0v) is 16.4. The Morgan fingerprint density at radius 2 is 1.57 bits per heavy atom. The lowest BCUT2D eigenvalue weighted by atomic mass is 10.1. The molecule has 0 radical (unpaired) electrons. The van der Waals surface area contributed by atoms with Crippen molar-refractivity contribution in [3.8, 4) is 22.6 Å². The molecule has 0 unspecified atom stereocenters. The van der Waals surface area contributed by atoms with Crippen LogP contribution < -0.4 is 5.43 Å². The lowest BCUT2D eigenvalue weighted by molar-refractivity contribution is 1.15. The molecule has 0 fully saturated rings. The van der Waals surface area contributed by atoms with E-state index in [9.17, 15) is 0 Å². The van der Waals surface area contributed by atoms with Crippen molar-refractivity contribution in [3.05, 3.63) is 95.2 Å². The van der Waals surface area contributed by atoms with E-state index in [1.165, 1.54) is 0 Å². The van der Waals surface area contributed by atoms with Gasteiger partial charge >= 0.3 is 0 Å². The predicted molar refractivity (Wildman–Crippen MR) is 116 cm³/mol. The first-order valence-corrected chi connectivity index (χ1v) is 9.47. The summed E-state index contributed by atoms with van der Waals surface area (Å²) in [5, 5.41) is 4.29. The lowest BCUT2D eigenvalue weighted by Crippen LogP contribution is -1.99. The molecular weight excluding hydrogens is 414 g/mol. The Hall–Kier alpha value is -3.38. The Kier molecular flexibility index (Phi) is 5.49. The van der Waals surface area contributed by atoms with Gasteiger partial charge in [-0.05, 0) is 29.8 Å². The van der Waals surface area contributed by atoms with Crippen LogP contribution in [-0.4, -0.2) is 21.2 Å². The van der Waals surface area contributed by atoms with Gasteiger partial charge in [0.1, 0.15) is 0 Å². The van der Waals surface area contributed by atoms with Crippen LogP contribution in [-0.2, 0) is 0 Å². The molecule has 0 saturated carbocycles. The highest BCUT2D eigenvalue weighted by atomic mass is 79.9. The van der Waals surface area contributed by atoms with Crippen molar-refractivity contribution in [2.75, 3.05) is 5.43 Å². The summed E-state index contributed by atoms with van der Waals surface area (Å²) in [7, 11) is 0. The van der Waals surface area contributed by atoms with Gasteiger partial charge in [-0.3, -0.25) is 10.4 Å². The molecule has 1 N–H and O–H groups in total. The van der Waals surface area contributed by atoms with Crippen molar-refractivity contribution in [3.63, 3.8) is 0 Å². The highest BCUT2D eigenvalue weighted by Crippen LogP contribution is 2.25. The Morgan fingerprint density at radius 1 is 0.821 bits per heavy atom. The summed E-state index contributed by atoms with van der Waals surface area (Å²) >= 11 is 3.46. The molecule has 0 aliphatic rings. The fourth-order valence-corrected chi connectivity index (χ4v) is 2.88. The summed E-state index contributed by atoms with van der Waals surface area (Å²) in [5.41, 5.74) is 6.74. The van der Waals surface area contributed by atoms with Crippen LogP contribution in [0, 0.1) is 0 Å². The highest BCUT2D eigenvalue weighted by molar-refractivity contribution is 9.10. The van der Waals surface area contributed by atoms with E-state index >= 15 is 0 Å². The van der Waals surface area contributed by atoms with Gasteiger partial charge in [0.05, 0.1) is 11.9 Å². The Bertz CT molecular complexity index is 1080. The fraction of sp³-hybridized carbons (Fsp3) is 0. The minimum atomic E-state index is 0.622. The number of benzene rings is 2. The van der Waals surface area contributed by atoms with Gasteiger partial charge in [-0.25, -0.2) is 9.97 Å². The quantitative estimate of drug-likeness (QED) is 0.340. The SMILES string of the molecule is Brc1ccc(-c2nc(NN=Cc3ccncc3)cc(-c3ccccc3)n2)cc1. The molecule has 0 bridgehead atoms. The predicted octanol–water partition coefficient (Wildman–Crippen LogP) is 5.41. The van der Waals surface area contributed by atoms with Gasteiger partial charge in [-0.15, -0.1) is 0 Å². The molecule has 5 nitrogen and oxygen atoms in total. The van der Waals surface area contributed by atoms with E-state index in [0.29, 0.717) is 11.6 Å². The van der Waals surface area contributed by atoms with E-state index < -0.39 is 0 Å². The molecule has 4 aromatic rings. The summed E-state index contributed by atoms with van der Waals surface area (Å²) in [6, 6.07) is 23.6. The minimum Gasteiger partial charge on any atom is -0.265 e. The zero-order chi connectivity index (χ0) is 19.2.